The molecule has 0 aliphatic carbocycles. The third kappa shape index (κ3) is 6.46. The molecule has 0 fully saturated rings. The van der Waals surface area contributed by atoms with Crippen LogP contribution in [0.15, 0.2) is 83.8 Å². The molecular weight excluding hydrogens is 544 g/mol. The van der Waals surface area contributed by atoms with Gasteiger partial charge in [-0.2, -0.15) is 0 Å². The van der Waals surface area contributed by atoms with Crippen molar-refractivity contribution in [3.8, 4) is 22.3 Å². The Kier molecular flexibility index (Phi) is 8.53. The van der Waals surface area contributed by atoms with E-state index in [0.717, 1.165) is 27.1 Å². The fraction of sp³-hybridized carbons (Fsp3) is 0.0741. The second-order valence-electron chi connectivity index (χ2n) is 7.44. The smallest absolute Gasteiger partial charge is 0.338 e. The van der Waals surface area contributed by atoms with Crippen LogP contribution >= 0.6 is 58.4 Å². The molecule has 0 aliphatic rings. The summed E-state index contributed by atoms with van der Waals surface area (Å²) in [5.74, 6) is -0.418. The zero-order chi connectivity index (χ0) is 24.9. The number of rotatable bonds is 7. The Balaban J connectivity index is 1.90. The summed E-state index contributed by atoms with van der Waals surface area (Å²) in [7, 11) is 0. The van der Waals surface area contributed by atoms with Gasteiger partial charge < -0.3 is 4.74 Å². The minimum atomic E-state index is -0.418. The van der Waals surface area contributed by atoms with Crippen LogP contribution in [0.5, 0.6) is 0 Å². The third-order valence-corrected chi connectivity index (χ3v) is 6.67. The molecule has 0 saturated heterocycles. The van der Waals surface area contributed by atoms with Crippen LogP contribution in [-0.2, 0) is 4.74 Å². The summed E-state index contributed by atoms with van der Waals surface area (Å²) in [6.07, 6.45) is 0. The van der Waals surface area contributed by atoms with Crippen LogP contribution in [0.4, 0.5) is 5.69 Å². The van der Waals surface area contributed by atoms with Gasteiger partial charge >= 0.3 is 5.97 Å². The number of hydrogen-bond acceptors (Lipinski definition) is 3. The number of hydrogen-bond donors (Lipinski definition) is 0. The fourth-order valence-corrected chi connectivity index (χ4v) is 5.10. The van der Waals surface area contributed by atoms with Crippen LogP contribution in [0.25, 0.3) is 22.3 Å². The molecule has 0 N–H and O–H groups in total. The Morgan fingerprint density at radius 1 is 0.743 bits per heavy atom. The average Bonchev–Trinajstić information content (AvgIpc) is 2.83. The average molecular weight is 562 g/mol. The van der Waals surface area contributed by atoms with Crippen molar-refractivity contribution in [2.24, 2.45) is 0 Å². The van der Waals surface area contributed by atoms with Gasteiger partial charge in [-0.05, 0) is 72.6 Å². The van der Waals surface area contributed by atoms with Crippen molar-refractivity contribution >= 4 is 70.0 Å². The van der Waals surface area contributed by atoms with E-state index in [9.17, 15) is 4.79 Å². The standard InChI is InChI=1S/C27H18Cl4NO2S/c1-2-34-27(33)18-11-24(16-3-7-19(28)8-4-16)26(25(12-18)17-5-9-20(29)10-6-17)32-35-23-14-21(30)13-22(31)15-23/h3-15H,2H2,1H3. The van der Waals surface area contributed by atoms with E-state index in [0.29, 0.717) is 31.3 Å². The van der Waals surface area contributed by atoms with Gasteiger partial charge in [0.1, 0.15) is 0 Å². The molecule has 177 valence electrons. The molecule has 0 atom stereocenters. The van der Waals surface area contributed by atoms with E-state index in [-0.39, 0.29) is 6.61 Å². The molecule has 0 heterocycles. The van der Waals surface area contributed by atoms with E-state index in [2.05, 4.69) is 0 Å². The Hall–Kier alpha value is -2.34. The number of halogens is 4. The largest absolute Gasteiger partial charge is 0.462 e. The van der Waals surface area contributed by atoms with E-state index >= 15 is 0 Å². The molecule has 4 aromatic rings. The third-order valence-electron chi connectivity index (χ3n) is 5.01. The van der Waals surface area contributed by atoms with Crippen molar-refractivity contribution in [1.29, 1.82) is 0 Å². The van der Waals surface area contributed by atoms with Gasteiger partial charge in [-0.15, -0.1) is 0 Å². The Morgan fingerprint density at radius 3 is 1.69 bits per heavy atom. The summed E-state index contributed by atoms with van der Waals surface area (Å²) in [5, 5.41) is 2.25. The lowest BCUT2D eigenvalue weighted by Crippen LogP contribution is -2.06. The molecule has 0 bridgehead atoms. The summed E-state index contributed by atoms with van der Waals surface area (Å²) >= 11 is 25.9. The maximum absolute atomic E-state index is 12.8. The summed E-state index contributed by atoms with van der Waals surface area (Å²) < 4.78 is 10.2. The first-order valence-electron chi connectivity index (χ1n) is 10.5. The predicted octanol–water partition coefficient (Wildman–Crippen LogP) is 9.75. The first-order valence-corrected chi connectivity index (χ1v) is 12.8. The number of benzene rings is 4. The molecule has 35 heavy (non-hydrogen) atoms. The van der Waals surface area contributed by atoms with Gasteiger partial charge in [0.2, 0.25) is 0 Å². The van der Waals surface area contributed by atoms with Crippen molar-refractivity contribution in [3.05, 3.63) is 105 Å². The molecule has 0 spiro atoms. The van der Waals surface area contributed by atoms with Crippen molar-refractivity contribution < 1.29 is 9.53 Å². The van der Waals surface area contributed by atoms with Gasteiger partial charge in [0.15, 0.2) is 0 Å². The van der Waals surface area contributed by atoms with Crippen molar-refractivity contribution in [3.63, 3.8) is 0 Å². The van der Waals surface area contributed by atoms with Crippen molar-refractivity contribution in [2.45, 2.75) is 11.8 Å². The quantitative estimate of drug-likeness (QED) is 0.166. The second-order valence-corrected chi connectivity index (χ2v) is 10.0. The number of carbonyl (C=O) groups excluding carboxylic acids is 1. The Bertz CT molecular complexity index is 1270. The molecule has 4 rings (SSSR count). The van der Waals surface area contributed by atoms with E-state index in [1.54, 1.807) is 61.5 Å². The number of esters is 1. The molecule has 3 nitrogen and oxygen atoms in total. The number of nitrogens with zero attached hydrogens (tertiary/aromatic N) is 1. The van der Waals surface area contributed by atoms with Gasteiger partial charge in [-0.1, -0.05) is 70.7 Å². The minimum Gasteiger partial charge on any atom is -0.462 e. The van der Waals surface area contributed by atoms with Gasteiger partial charge in [-0.3, -0.25) is 0 Å². The van der Waals surface area contributed by atoms with E-state index < -0.39 is 5.97 Å². The highest BCUT2D eigenvalue weighted by molar-refractivity contribution is 7.97. The first-order chi connectivity index (χ1) is 16.8. The molecule has 0 unspecified atom stereocenters. The molecule has 1 radical (unpaired) electrons. The Morgan fingerprint density at radius 2 is 1.23 bits per heavy atom. The van der Waals surface area contributed by atoms with Crippen LogP contribution in [0.3, 0.4) is 0 Å². The highest BCUT2D eigenvalue weighted by atomic mass is 35.5. The monoisotopic (exact) mass is 560 g/mol. The molecule has 0 aromatic heterocycles. The van der Waals surface area contributed by atoms with Crippen LogP contribution in [0.1, 0.15) is 17.3 Å². The van der Waals surface area contributed by atoms with Crippen LogP contribution < -0.4 is 4.72 Å². The minimum absolute atomic E-state index is 0.267. The predicted molar refractivity (Wildman–Crippen MR) is 147 cm³/mol. The summed E-state index contributed by atoms with van der Waals surface area (Å²) in [6.45, 7) is 2.04. The number of carbonyl (C=O) groups is 1. The maximum atomic E-state index is 12.8. The molecule has 0 aliphatic heterocycles. The highest BCUT2D eigenvalue weighted by Gasteiger charge is 2.20. The Labute approximate surface area is 228 Å². The SMILES string of the molecule is CCOC(=O)c1cc(-c2ccc(Cl)cc2)c([N]Sc2cc(Cl)cc(Cl)c2)c(-c2ccc(Cl)cc2)c1. The summed E-state index contributed by atoms with van der Waals surface area (Å²) in [6, 6.07) is 23.5. The van der Waals surface area contributed by atoms with E-state index in [1.807, 2.05) is 24.3 Å². The molecule has 0 amide bonds. The number of ether oxygens (including phenoxy) is 1. The fourth-order valence-electron chi connectivity index (χ4n) is 3.44. The first kappa shape index (κ1) is 25.7. The summed E-state index contributed by atoms with van der Waals surface area (Å²) in [5.41, 5.74) is 4.27. The second kappa shape index (κ2) is 11.6. The summed E-state index contributed by atoms with van der Waals surface area (Å²) in [4.78, 5) is 13.5. The lowest BCUT2D eigenvalue weighted by molar-refractivity contribution is 0.0526. The zero-order valence-electron chi connectivity index (χ0n) is 18.4. The van der Waals surface area contributed by atoms with Crippen molar-refractivity contribution in [1.82, 2.24) is 4.72 Å². The van der Waals surface area contributed by atoms with Crippen molar-refractivity contribution in [2.75, 3.05) is 6.61 Å². The van der Waals surface area contributed by atoms with Gasteiger partial charge in [0.25, 0.3) is 0 Å². The zero-order valence-corrected chi connectivity index (χ0v) is 22.2. The molecule has 0 saturated carbocycles. The van der Waals surface area contributed by atoms with Crippen LogP contribution in [-0.4, -0.2) is 12.6 Å². The van der Waals surface area contributed by atoms with Gasteiger partial charge in [0.05, 0.1) is 17.9 Å². The topological polar surface area (TPSA) is 40.4 Å². The maximum Gasteiger partial charge on any atom is 0.338 e. The lowest BCUT2D eigenvalue weighted by atomic mass is 9.93. The van der Waals surface area contributed by atoms with Gasteiger partial charge in [0, 0.05) is 48.1 Å². The van der Waals surface area contributed by atoms with Crippen LogP contribution in [0.2, 0.25) is 20.1 Å². The normalized spacial score (nSPS) is 10.8. The molecule has 4 aromatic carbocycles. The van der Waals surface area contributed by atoms with E-state index in [4.69, 9.17) is 55.9 Å². The van der Waals surface area contributed by atoms with E-state index in [1.165, 1.54) is 11.9 Å². The highest BCUT2D eigenvalue weighted by Crippen LogP contribution is 2.42. The molecule has 8 heteroatoms. The van der Waals surface area contributed by atoms with Gasteiger partial charge in [-0.25, -0.2) is 9.52 Å². The molecular formula is C27H18Cl4NO2S. The van der Waals surface area contributed by atoms with Crippen LogP contribution in [0, 0.1) is 0 Å². The lowest BCUT2D eigenvalue weighted by Gasteiger charge is -2.17.